The molecule has 2 heterocycles. The number of halogens is 4. The number of nitrogens with zero attached hydrogens (tertiary/aromatic N) is 3. The van der Waals surface area contributed by atoms with Crippen LogP contribution in [-0.4, -0.2) is 23.6 Å². The van der Waals surface area contributed by atoms with Gasteiger partial charge in [-0.2, -0.15) is 0 Å². The zero-order valence-electron chi connectivity index (χ0n) is 16.6. The maximum atomic E-state index is 9.75. The first-order chi connectivity index (χ1) is 12.3. The highest BCUT2D eigenvalue weighted by molar-refractivity contribution is 6.50. The van der Waals surface area contributed by atoms with Gasteiger partial charge < -0.3 is 22.0 Å². The zero-order chi connectivity index (χ0) is 20.6. The maximum Gasteiger partial charge on any atom is 0.673 e. The van der Waals surface area contributed by atoms with Gasteiger partial charge in [-0.25, -0.2) is 4.57 Å². The SMILES string of the molecule is Cc1cc(C)c(-n2c[n+]3c(n2)COC[C@@H]3C(C)(C)C)c(C)c1.F[B-](F)(F)F. The third-order valence-corrected chi connectivity index (χ3v) is 4.46. The first-order valence-corrected chi connectivity index (χ1v) is 8.80. The molecule has 1 aromatic carbocycles. The summed E-state index contributed by atoms with van der Waals surface area (Å²) < 4.78 is 49.1. The van der Waals surface area contributed by atoms with Crippen LogP contribution in [0.15, 0.2) is 18.5 Å². The second-order valence-electron chi connectivity index (χ2n) is 8.02. The zero-order valence-corrected chi connectivity index (χ0v) is 16.6. The quantitative estimate of drug-likeness (QED) is 0.410. The molecule has 9 heteroatoms. The Bertz CT molecular complexity index is 783. The predicted molar refractivity (Wildman–Crippen MR) is 96.3 cm³/mol. The third-order valence-electron chi connectivity index (χ3n) is 4.46. The molecule has 0 bridgehead atoms. The summed E-state index contributed by atoms with van der Waals surface area (Å²) in [7, 11) is -6.00. The summed E-state index contributed by atoms with van der Waals surface area (Å²) in [5.41, 5.74) is 5.13. The van der Waals surface area contributed by atoms with E-state index in [1.165, 1.54) is 22.4 Å². The first-order valence-electron chi connectivity index (χ1n) is 8.80. The minimum Gasteiger partial charge on any atom is -0.418 e. The molecule has 3 rings (SSSR count). The molecule has 150 valence electrons. The predicted octanol–water partition coefficient (Wildman–Crippen LogP) is 4.50. The molecule has 0 aliphatic carbocycles. The lowest BCUT2D eigenvalue weighted by Crippen LogP contribution is -2.53. The van der Waals surface area contributed by atoms with Crippen molar-refractivity contribution in [1.82, 2.24) is 9.78 Å². The standard InChI is InChI=1S/C18H26N3O.BF4/c1-12-7-13(2)17(14(3)8-12)21-11-20-15(18(4,5)6)9-22-10-16(20)19-21;2-1(3,4)5/h7-8,11,15H,9-10H2,1-6H3;/q+1;-1/t15-;/m1./s1. The Morgan fingerprint density at radius 3 is 2.11 bits per heavy atom. The number of aryl methyl sites for hydroxylation is 3. The lowest BCUT2D eigenvalue weighted by atomic mass is 9.86. The molecular formula is C18H26BF4N3O. The van der Waals surface area contributed by atoms with E-state index in [4.69, 9.17) is 9.84 Å². The van der Waals surface area contributed by atoms with Crippen LogP contribution < -0.4 is 4.57 Å². The number of fused-ring (bicyclic) bond motifs is 1. The largest absolute Gasteiger partial charge is 0.673 e. The van der Waals surface area contributed by atoms with Gasteiger partial charge in [0.15, 0.2) is 0 Å². The van der Waals surface area contributed by atoms with Crippen molar-refractivity contribution in [3.8, 4) is 5.69 Å². The van der Waals surface area contributed by atoms with E-state index in [-0.39, 0.29) is 5.41 Å². The van der Waals surface area contributed by atoms with Gasteiger partial charge in [0.1, 0.15) is 18.3 Å². The number of aromatic nitrogens is 3. The van der Waals surface area contributed by atoms with Gasteiger partial charge in [-0.15, -0.1) is 0 Å². The monoisotopic (exact) mass is 387 g/mol. The molecule has 1 atom stereocenters. The van der Waals surface area contributed by atoms with Gasteiger partial charge in [-0.1, -0.05) is 43.1 Å². The fourth-order valence-corrected chi connectivity index (χ4v) is 3.40. The van der Waals surface area contributed by atoms with Crippen molar-refractivity contribution < 1.29 is 26.6 Å². The van der Waals surface area contributed by atoms with Crippen molar-refractivity contribution in [3.05, 3.63) is 41.0 Å². The van der Waals surface area contributed by atoms with Crippen LogP contribution >= 0.6 is 0 Å². The van der Waals surface area contributed by atoms with Gasteiger partial charge in [0.05, 0.1) is 6.61 Å². The molecule has 1 aliphatic heterocycles. The summed E-state index contributed by atoms with van der Waals surface area (Å²) in [5, 5.41) is 4.79. The highest BCUT2D eigenvalue weighted by atomic mass is 19.5. The molecule has 1 aliphatic rings. The lowest BCUT2D eigenvalue weighted by molar-refractivity contribution is -0.755. The molecule has 4 nitrogen and oxygen atoms in total. The van der Waals surface area contributed by atoms with Gasteiger partial charge in [0.25, 0.3) is 0 Å². The minimum absolute atomic E-state index is 0.144. The van der Waals surface area contributed by atoms with Crippen LogP contribution in [0, 0.1) is 26.2 Å². The van der Waals surface area contributed by atoms with Crippen LogP contribution in [-0.2, 0) is 11.3 Å². The molecule has 1 aromatic heterocycles. The van der Waals surface area contributed by atoms with Crippen LogP contribution in [0.1, 0.15) is 49.3 Å². The molecule has 0 saturated carbocycles. The Hall–Kier alpha value is -1.90. The van der Waals surface area contributed by atoms with E-state index >= 15 is 0 Å². The van der Waals surface area contributed by atoms with Gasteiger partial charge in [0.2, 0.25) is 6.33 Å². The van der Waals surface area contributed by atoms with Crippen LogP contribution in [0.4, 0.5) is 17.3 Å². The number of hydrogen-bond donors (Lipinski definition) is 0. The van der Waals surface area contributed by atoms with Gasteiger partial charge in [0, 0.05) is 5.10 Å². The highest BCUT2D eigenvalue weighted by Gasteiger charge is 2.37. The summed E-state index contributed by atoms with van der Waals surface area (Å²) in [6, 6.07) is 4.74. The molecule has 0 amide bonds. The summed E-state index contributed by atoms with van der Waals surface area (Å²) >= 11 is 0. The van der Waals surface area contributed by atoms with E-state index in [2.05, 4.69) is 64.6 Å². The molecular weight excluding hydrogens is 361 g/mol. The number of rotatable bonds is 1. The molecule has 0 fully saturated rings. The summed E-state index contributed by atoms with van der Waals surface area (Å²) in [6.07, 6.45) is 2.14. The first kappa shape index (κ1) is 21.4. The van der Waals surface area contributed by atoms with Crippen molar-refractivity contribution in [2.75, 3.05) is 6.61 Å². The minimum atomic E-state index is -6.00. The Morgan fingerprint density at radius 1 is 1.11 bits per heavy atom. The molecule has 0 saturated heterocycles. The van der Waals surface area contributed by atoms with E-state index in [9.17, 15) is 17.3 Å². The fourth-order valence-electron chi connectivity index (χ4n) is 3.40. The van der Waals surface area contributed by atoms with Crippen LogP contribution in [0.25, 0.3) is 5.69 Å². The Morgan fingerprint density at radius 2 is 1.63 bits per heavy atom. The number of benzene rings is 1. The topological polar surface area (TPSA) is 30.9 Å². The Kier molecular flexibility index (Phi) is 6.04. The summed E-state index contributed by atoms with van der Waals surface area (Å²) in [5.74, 6) is 1.01. The van der Waals surface area contributed by atoms with Crippen molar-refractivity contribution in [2.45, 2.75) is 54.2 Å². The number of hydrogen-bond acceptors (Lipinski definition) is 2. The normalized spacial score (nSPS) is 17.2. The molecule has 27 heavy (non-hydrogen) atoms. The average Bonchev–Trinajstić information content (AvgIpc) is 2.86. The molecule has 0 unspecified atom stereocenters. The molecule has 0 spiro atoms. The van der Waals surface area contributed by atoms with Gasteiger partial charge >= 0.3 is 13.1 Å². The van der Waals surface area contributed by atoms with E-state index in [1.807, 2.05) is 4.68 Å². The second kappa shape index (κ2) is 7.62. The van der Waals surface area contributed by atoms with Crippen molar-refractivity contribution in [2.24, 2.45) is 5.41 Å². The number of ether oxygens (including phenoxy) is 1. The van der Waals surface area contributed by atoms with Crippen LogP contribution in [0.3, 0.4) is 0 Å². The smallest absolute Gasteiger partial charge is 0.418 e. The van der Waals surface area contributed by atoms with E-state index < -0.39 is 7.25 Å². The molecule has 0 N–H and O–H groups in total. The third kappa shape index (κ3) is 5.54. The van der Waals surface area contributed by atoms with Crippen LogP contribution in [0.2, 0.25) is 0 Å². The fraction of sp³-hybridized carbons (Fsp3) is 0.556. The summed E-state index contributed by atoms with van der Waals surface area (Å²) in [4.78, 5) is 0. The van der Waals surface area contributed by atoms with Crippen LogP contribution in [0.5, 0.6) is 0 Å². The van der Waals surface area contributed by atoms with E-state index in [0.717, 1.165) is 12.4 Å². The Balaban J connectivity index is 0.000000465. The molecule has 0 radical (unpaired) electrons. The van der Waals surface area contributed by atoms with Crippen molar-refractivity contribution in [1.29, 1.82) is 0 Å². The van der Waals surface area contributed by atoms with Gasteiger partial charge in [-0.3, -0.25) is 0 Å². The van der Waals surface area contributed by atoms with E-state index in [1.54, 1.807) is 0 Å². The van der Waals surface area contributed by atoms with Crippen molar-refractivity contribution >= 4 is 7.25 Å². The Labute approximate surface area is 157 Å². The van der Waals surface area contributed by atoms with Crippen molar-refractivity contribution in [3.63, 3.8) is 0 Å². The lowest BCUT2D eigenvalue weighted by Gasteiger charge is -2.31. The average molecular weight is 387 g/mol. The summed E-state index contributed by atoms with van der Waals surface area (Å²) in [6.45, 7) is 14.5. The molecule has 2 aromatic rings. The van der Waals surface area contributed by atoms with E-state index in [0.29, 0.717) is 12.6 Å². The maximum absolute atomic E-state index is 9.75. The second-order valence-corrected chi connectivity index (χ2v) is 8.02. The highest BCUT2D eigenvalue weighted by Crippen LogP contribution is 2.29. The van der Waals surface area contributed by atoms with Gasteiger partial charge in [-0.05, 0) is 37.3 Å².